The molecule has 1 aliphatic carbocycles. The maximum absolute atomic E-state index is 12.3. The first kappa shape index (κ1) is 20.6. The number of anilines is 2. The van der Waals surface area contributed by atoms with Crippen LogP contribution < -0.4 is 10.2 Å². The number of carbonyl (C=O) groups is 1. The van der Waals surface area contributed by atoms with E-state index in [2.05, 4.69) is 43.1 Å². The number of nitriles is 1. The van der Waals surface area contributed by atoms with Crippen molar-refractivity contribution >= 4 is 17.4 Å². The number of pyridine rings is 1. The lowest BCUT2D eigenvalue weighted by atomic mass is 9.82. The molecule has 28 heavy (non-hydrogen) atoms. The van der Waals surface area contributed by atoms with Gasteiger partial charge in [-0.1, -0.05) is 20.8 Å². The third-order valence-electron chi connectivity index (χ3n) is 5.91. The summed E-state index contributed by atoms with van der Waals surface area (Å²) in [5.41, 5.74) is 3.34. The highest BCUT2D eigenvalue weighted by Gasteiger charge is 2.26. The van der Waals surface area contributed by atoms with Gasteiger partial charge >= 0.3 is 0 Å². The van der Waals surface area contributed by atoms with Gasteiger partial charge < -0.3 is 10.2 Å². The Bertz CT molecular complexity index is 751. The summed E-state index contributed by atoms with van der Waals surface area (Å²) in [5, 5.41) is 12.1. The fourth-order valence-corrected chi connectivity index (χ4v) is 4.41. The fourth-order valence-electron chi connectivity index (χ4n) is 4.41. The van der Waals surface area contributed by atoms with Gasteiger partial charge in [-0.25, -0.2) is 4.98 Å². The zero-order chi connectivity index (χ0) is 20.3. The molecule has 5 heteroatoms. The highest BCUT2D eigenvalue weighted by molar-refractivity contribution is 5.91. The van der Waals surface area contributed by atoms with Crippen LogP contribution in [0.4, 0.5) is 11.5 Å². The minimum Gasteiger partial charge on any atom is -0.370 e. The van der Waals surface area contributed by atoms with Gasteiger partial charge in [-0.3, -0.25) is 4.79 Å². The first-order valence-corrected chi connectivity index (χ1v) is 10.7. The maximum Gasteiger partial charge on any atom is 0.226 e. The highest BCUT2D eigenvalue weighted by Crippen LogP contribution is 2.34. The SMILES string of the molecule is Cc1cc2c(nc1NC(=O)CC(C)(C)C)CCCN2CC1CCC(C#N)CC1. The van der Waals surface area contributed by atoms with Gasteiger partial charge in [0.1, 0.15) is 5.82 Å². The Labute approximate surface area is 169 Å². The van der Waals surface area contributed by atoms with E-state index in [9.17, 15) is 4.79 Å². The average molecular weight is 383 g/mol. The number of nitrogens with zero attached hydrogens (tertiary/aromatic N) is 3. The zero-order valence-electron chi connectivity index (χ0n) is 17.8. The molecule has 0 atom stereocenters. The average Bonchev–Trinajstić information content (AvgIpc) is 2.62. The van der Waals surface area contributed by atoms with E-state index in [-0.39, 0.29) is 17.2 Å². The van der Waals surface area contributed by atoms with E-state index in [1.807, 2.05) is 6.92 Å². The number of rotatable bonds is 4. The van der Waals surface area contributed by atoms with Crippen LogP contribution in [-0.4, -0.2) is 24.0 Å². The third kappa shape index (κ3) is 5.25. The summed E-state index contributed by atoms with van der Waals surface area (Å²) in [5.74, 6) is 1.67. The largest absolute Gasteiger partial charge is 0.370 e. The monoisotopic (exact) mass is 382 g/mol. The van der Waals surface area contributed by atoms with Gasteiger partial charge in [-0.2, -0.15) is 5.26 Å². The van der Waals surface area contributed by atoms with Crippen molar-refractivity contribution in [2.45, 2.75) is 72.6 Å². The number of aromatic nitrogens is 1. The predicted octanol–water partition coefficient (Wildman–Crippen LogP) is 4.85. The number of carbonyl (C=O) groups excluding carboxylic acids is 1. The standard InChI is InChI=1S/C23H34N4O/c1-16-12-20-19(25-22(16)26-21(28)13-23(2,3)4)6-5-11-27(20)15-18-9-7-17(14-24)8-10-18/h12,17-18H,5-11,13,15H2,1-4H3,(H,25,26,28). The van der Waals surface area contributed by atoms with E-state index in [1.165, 1.54) is 5.69 Å². The van der Waals surface area contributed by atoms with Crippen LogP contribution in [0.25, 0.3) is 0 Å². The van der Waals surface area contributed by atoms with Crippen LogP contribution in [0.1, 0.15) is 70.6 Å². The van der Waals surface area contributed by atoms with Crippen molar-refractivity contribution in [3.63, 3.8) is 0 Å². The molecule has 1 saturated carbocycles. The van der Waals surface area contributed by atoms with Crippen LogP contribution in [0, 0.1) is 35.5 Å². The predicted molar refractivity (Wildman–Crippen MR) is 113 cm³/mol. The molecule has 5 nitrogen and oxygen atoms in total. The number of aryl methyl sites for hydroxylation is 2. The summed E-state index contributed by atoms with van der Waals surface area (Å²) in [6.45, 7) is 10.4. The lowest BCUT2D eigenvalue weighted by Crippen LogP contribution is -2.36. The second kappa shape index (κ2) is 8.51. The Balaban J connectivity index is 1.69. The summed E-state index contributed by atoms with van der Waals surface area (Å²) in [4.78, 5) is 19.7. The molecular weight excluding hydrogens is 348 g/mol. The molecule has 1 N–H and O–H groups in total. The van der Waals surface area contributed by atoms with Crippen molar-refractivity contribution in [1.82, 2.24) is 4.98 Å². The van der Waals surface area contributed by atoms with E-state index >= 15 is 0 Å². The molecule has 2 heterocycles. The maximum atomic E-state index is 12.3. The first-order chi connectivity index (χ1) is 13.2. The summed E-state index contributed by atoms with van der Waals surface area (Å²) >= 11 is 0. The van der Waals surface area contributed by atoms with Crippen LogP contribution >= 0.6 is 0 Å². The molecule has 0 radical (unpaired) electrons. The van der Waals surface area contributed by atoms with Crippen molar-refractivity contribution in [3.8, 4) is 6.07 Å². The van der Waals surface area contributed by atoms with E-state index in [0.717, 1.165) is 62.9 Å². The number of fused-ring (bicyclic) bond motifs is 1. The van der Waals surface area contributed by atoms with E-state index in [0.29, 0.717) is 18.2 Å². The van der Waals surface area contributed by atoms with Crippen molar-refractivity contribution in [1.29, 1.82) is 5.26 Å². The second-order valence-corrected chi connectivity index (χ2v) is 9.80. The van der Waals surface area contributed by atoms with Gasteiger partial charge in [-0.05, 0) is 68.4 Å². The molecule has 1 fully saturated rings. The summed E-state index contributed by atoms with van der Waals surface area (Å²) in [7, 11) is 0. The molecule has 3 rings (SSSR count). The van der Waals surface area contributed by atoms with Crippen LogP contribution in [0.2, 0.25) is 0 Å². The van der Waals surface area contributed by atoms with Gasteiger partial charge in [0.25, 0.3) is 0 Å². The summed E-state index contributed by atoms with van der Waals surface area (Å²) < 4.78 is 0. The zero-order valence-corrected chi connectivity index (χ0v) is 17.8. The van der Waals surface area contributed by atoms with Crippen LogP contribution in [0.3, 0.4) is 0 Å². The lowest BCUT2D eigenvalue weighted by Gasteiger charge is -2.36. The Hall–Kier alpha value is -2.09. The molecule has 1 aromatic rings. The molecule has 2 aliphatic rings. The number of hydrogen-bond donors (Lipinski definition) is 1. The van der Waals surface area contributed by atoms with E-state index < -0.39 is 0 Å². The van der Waals surface area contributed by atoms with E-state index in [1.54, 1.807) is 0 Å². The normalized spacial score (nSPS) is 22.3. The number of amides is 1. The molecule has 0 saturated heterocycles. The van der Waals surface area contributed by atoms with Crippen LogP contribution in [0.5, 0.6) is 0 Å². The van der Waals surface area contributed by atoms with Gasteiger partial charge in [0, 0.05) is 25.4 Å². The van der Waals surface area contributed by atoms with Gasteiger partial charge in [0.15, 0.2) is 0 Å². The Morgan fingerprint density at radius 2 is 2.04 bits per heavy atom. The fraction of sp³-hybridized carbons (Fsp3) is 0.696. The molecular formula is C23H34N4O. The molecule has 0 spiro atoms. The van der Waals surface area contributed by atoms with Gasteiger partial charge in [0.05, 0.1) is 17.5 Å². The molecule has 0 bridgehead atoms. The third-order valence-corrected chi connectivity index (χ3v) is 5.91. The molecule has 152 valence electrons. The summed E-state index contributed by atoms with van der Waals surface area (Å²) in [6, 6.07) is 4.63. The highest BCUT2D eigenvalue weighted by atomic mass is 16.1. The minimum atomic E-state index is -0.0342. The minimum absolute atomic E-state index is 0.0324. The number of nitrogens with one attached hydrogen (secondary N) is 1. The van der Waals surface area contributed by atoms with Crippen LogP contribution in [0.15, 0.2) is 6.07 Å². The quantitative estimate of drug-likeness (QED) is 0.808. The second-order valence-electron chi connectivity index (χ2n) is 9.80. The smallest absolute Gasteiger partial charge is 0.226 e. The van der Waals surface area contributed by atoms with E-state index in [4.69, 9.17) is 10.2 Å². The first-order valence-electron chi connectivity index (χ1n) is 10.7. The van der Waals surface area contributed by atoms with Crippen molar-refractivity contribution in [2.24, 2.45) is 17.3 Å². The van der Waals surface area contributed by atoms with Crippen molar-refractivity contribution < 1.29 is 4.79 Å². The van der Waals surface area contributed by atoms with Crippen molar-refractivity contribution in [2.75, 3.05) is 23.3 Å². The molecule has 1 aliphatic heterocycles. The lowest BCUT2D eigenvalue weighted by molar-refractivity contribution is -0.117. The summed E-state index contributed by atoms with van der Waals surface area (Å²) in [6.07, 6.45) is 6.94. The number of hydrogen-bond acceptors (Lipinski definition) is 4. The Morgan fingerprint density at radius 1 is 1.32 bits per heavy atom. The molecule has 1 aromatic heterocycles. The molecule has 0 unspecified atom stereocenters. The topological polar surface area (TPSA) is 69.0 Å². The molecule has 1 amide bonds. The Morgan fingerprint density at radius 3 is 2.68 bits per heavy atom. The van der Waals surface area contributed by atoms with Gasteiger partial charge in [-0.15, -0.1) is 0 Å². The Kier molecular flexibility index (Phi) is 6.27. The van der Waals surface area contributed by atoms with Crippen LogP contribution in [-0.2, 0) is 11.2 Å². The van der Waals surface area contributed by atoms with Gasteiger partial charge in [0.2, 0.25) is 5.91 Å². The van der Waals surface area contributed by atoms with Crippen molar-refractivity contribution in [3.05, 3.63) is 17.3 Å². The molecule has 0 aromatic carbocycles.